The highest BCUT2D eigenvalue weighted by Crippen LogP contribution is 2.22. The van der Waals surface area contributed by atoms with E-state index < -0.39 is 0 Å². The standard InChI is InChI=1S/C13H14BrN3OS/c1-3-8-17-12(15-16-13(17)19)9(2)18-11-6-4-10(14)5-7-11/h3-7,9,12H,1,8H2,2H3. The maximum Gasteiger partial charge on any atom is 0.218 e. The molecule has 0 radical (unpaired) electrons. The molecule has 0 amide bonds. The SMILES string of the molecule is C=CCN1C(=S)N=NC1C(C)Oc1ccc(Br)cc1. The van der Waals surface area contributed by atoms with E-state index in [-0.39, 0.29) is 12.3 Å². The fourth-order valence-electron chi connectivity index (χ4n) is 1.80. The van der Waals surface area contributed by atoms with Crippen LogP contribution in [0.5, 0.6) is 5.75 Å². The Morgan fingerprint density at radius 1 is 1.53 bits per heavy atom. The molecule has 2 atom stereocenters. The van der Waals surface area contributed by atoms with Gasteiger partial charge in [0, 0.05) is 11.0 Å². The topological polar surface area (TPSA) is 37.2 Å². The molecule has 19 heavy (non-hydrogen) atoms. The van der Waals surface area contributed by atoms with Crippen molar-refractivity contribution < 1.29 is 4.74 Å². The number of rotatable bonds is 5. The average molecular weight is 340 g/mol. The van der Waals surface area contributed by atoms with Gasteiger partial charge in [0.25, 0.3) is 0 Å². The van der Waals surface area contributed by atoms with Crippen molar-refractivity contribution in [1.82, 2.24) is 4.90 Å². The number of hydrogen-bond donors (Lipinski definition) is 0. The first-order valence-corrected chi connectivity index (χ1v) is 7.06. The molecule has 1 aliphatic heterocycles. The van der Waals surface area contributed by atoms with Crippen LogP contribution < -0.4 is 4.74 Å². The van der Waals surface area contributed by atoms with Gasteiger partial charge in [-0.2, -0.15) is 5.11 Å². The number of azo groups is 1. The molecule has 0 saturated heterocycles. The molecule has 0 aliphatic carbocycles. The fraction of sp³-hybridized carbons (Fsp3) is 0.308. The number of hydrogen-bond acceptors (Lipinski definition) is 3. The van der Waals surface area contributed by atoms with Gasteiger partial charge in [0.15, 0.2) is 6.17 Å². The molecule has 1 aliphatic rings. The molecule has 0 bridgehead atoms. The summed E-state index contributed by atoms with van der Waals surface area (Å²) >= 11 is 8.53. The summed E-state index contributed by atoms with van der Waals surface area (Å²) in [6, 6.07) is 7.68. The summed E-state index contributed by atoms with van der Waals surface area (Å²) in [5.74, 6) is 0.794. The van der Waals surface area contributed by atoms with Gasteiger partial charge >= 0.3 is 0 Å². The van der Waals surface area contributed by atoms with Crippen LogP contribution in [0.4, 0.5) is 0 Å². The first kappa shape index (κ1) is 14.1. The largest absolute Gasteiger partial charge is 0.486 e. The number of halogens is 1. The maximum atomic E-state index is 5.87. The normalized spacial score (nSPS) is 19.6. The summed E-state index contributed by atoms with van der Waals surface area (Å²) in [5, 5.41) is 8.58. The highest BCUT2D eigenvalue weighted by atomic mass is 79.9. The lowest BCUT2D eigenvalue weighted by Crippen LogP contribution is -2.42. The summed E-state index contributed by atoms with van der Waals surface area (Å²) in [6.07, 6.45) is 1.43. The lowest BCUT2D eigenvalue weighted by molar-refractivity contribution is 0.136. The summed E-state index contributed by atoms with van der Waals surface area (Å²) < 4.78 is 6.88. The third kappa shape index (κ3) is 3.39. The molecule has 1 aromatic carbocycles. The second kappa shape index (κ2) is 6.25. The molecule has 0 aromatic heterocycles. The predicted octanol–water partition coefficient (Wildman–Crippen LogP) is 3.78. The van der Waals surface area contributed by atoms with Crippen molar-refractivity contribution in [3.63, 3.8) is 0 Å². The zero-order chi connectivity index (χ0) is 13.8. The van der Waals surface area contributed by atoms with Gasteiger partial charge in [-0.1, -0.05) is 22.0 Å². The molecule has 2 unspecified atom stereocenters. The zero-order valence-corrected chi connectivity index (χ0v) is 12.9. The Morgan fingerprint density at radius 2 is 2.21 bits per heavy atom. The molecule has 4 nitrogen and oxygen atoms in total. The number of thiocarbonyl (C=S) groups is 1. The minimum atomic E-state index is -0.200. The number of benzene rings is 1. The average Bonchev–Trinajstić information content (AvgIpc) is 2.75. The first-order valence-electron chi connectivity index (χ1n) is 5.86. The number of nitrogens with zero attached hydrogens (tertiary/aromatic N) is 3. The fourth-order valence-corrected chi connectivity index (χ4v) is 2.30. The molecule has 0 fully saturated rings. The van der Waals surface area contributed by atoms with Crippen LogP contribution in [0.3, 0.4) is 0 Å². The molecule has 100 valence electrons. The Labute approximate surface area is 126 Å². The quantitative estimate of drug-likeness (QED) is 0.605. The summed E-state index contributed by atoms with van der Waals surface area (Å²) in [7, 11) is 0. The van der Waals surface area contributed by atoms with Gasteiger partial charge in [-0.15, -0.1) is 11.7 Å². The van der Waals surface area contributed by atoms with Gasteiger partial charge in [0.1, 0.15) is 11.9 Å². The Balaban J connectivity index is 2.04. The van der Waals surface area contributed by atoms with Crippen LogP contribution in [0.2, 0.25) is 0 Å². The molecular weight excluding hydrogens is 326 g/mol. The summed E-state index contributed by atoms with van der Waals surface area (Å²) in [4.78, 5) is 1.89. The van der Waals surface area contributed by atoms with E-state index >= 15 is 0 Å². The van der Waals surface area contributed by atoms with E-state index in [0.717, 1.165) is 10.2 Å². The van der Waals surface area contributed by atoms with E-state index in [4.69, 9.17) is 17.0 Å². The molecule has 6 heteroatoms. The van der Waals surface area contributed by atoms with E-state index in [1.807, 2.05) is 36.1 Å². The van der Waals surface area contributed by atoms with Crippen molar-refractivity contribution in [2.45, 2.75) is 19.2 Å². The van der Waals surface area contributed by atoms with Gasteiger partial charge in [-0.25, -0.2) is 0 Å². The Bertz CT molecular complexity index is 503. The van der Waals surface area contributed by atoms with E-state index in [1.165, 1.54) is 0 Å². The smallest absolute Gasteiger partial charge is 0.218 e. The van der Waals surface area contributed by atoms with Crippen molar-refractivity contribution in [3.8, 4) is 5.75 Å². The monoisotopic (exact) mass is 339 g/mol. The van der Waals surface area contributed by atoms with Crippen LogP contribution >= 0.6 is 28.1 Å². The van der Waals surface area contributed by atoms with E-state index in [0.29, 0.717) is 11.7 Å². The molecular formula is C13H14BrN3OS. The van der Waals surface area contributed by atoms with Crippen LogP contribution in [-0.2, 0) is 0 Å². The van der Waals surface area contributed by atoms with Gasteiger partial charge < -0.3 is 9.64 Å². The van der Waals surface area contributed by atoms with Crippen LogP contribution in [-0.4, -0.2) is 28.8 Å². The van der Waals surface area contributed by atoms with Crippen LogP contribution in [0, 0.1) is 0 Å². The molecule has 0 spiro atoms. The molecule has 0 N–H and O–H groups in total. The van der Waals surface area contributed by atoms with Crippen LogP contribution in [0.1, 0.15) is 6.92 Å². The maximum absolute atomic E-state index is 5.87. The Morgan fingerprint density at radius 3 is 2.84 bits per heavy atom. The van der Waals surface area contributed by atoms with Gasteiger partial charge in [0.2, 0.25) is 5.11 Å². The van der Waals surface area contributed by atoms with Crippen molar-refractivity contribution in [2.24, 2.45) is 10.2 Å². The zero-order valence-electron chi connectivity index (χ0n) is 10.5. The summed E-state index contributed by atoms with van der Waals surface area (Å²) in [6.45, 7) is 6.29. The lowest BCUT2D eigenvalue weighted by Gasteiger charge is -2.26. The third-order valence-corrected chi connectivity index (χ3v) is 3.55. The predicted molar refractivity (Wildman–Crippen MR) is 82.4 cm³/mol. The van der Waals surface area contributed by atoms with Crippen molar-refractivity contribution in [1.29, 1.82) is 0 Å². The van der Waals surface area contributed by atoms with Gasteiger partial charge in [-0.05, 0) is 43.4 Å². The summed E-state index contributed by atoms with van der Waals surface area (Å²) in [5.41, 5.74) is 0. The molecule has 0 saturated carbocycles. The number of ether oxygens (including phenoxy) is 1. The Kier molecular flexibility index (Phi) is 4.66. The van der Waals surface area contributed by atoms with E-state index in [9.17, 15) is 0 Å². The minimum absolute atomic E-state index is 0.148. The lowest BCUT2D eigenvalue weighted by atomic mass is 10.2. The Hall–Kier alpha value is -1.27. The molecule has 2 rings (SSSR count). The van der Waals surface area contributed by atoms with E-state index in [2.05, 4.69) is 32.7 Å². The van der Waals surface area contributed by atoms with Crippen molar-refractivity contribution >= 4 is 33.3 Å². The minimum Gasteiger partial charge on any atom is -0.486 e. The second-order valence-electron chi connectivity index (χ2n) is 4.13. The van der Waals surface area contributed by atoms with Gasteiger partial charge in [-0.3, -0.25) is 0 Å². The van der Waals surface area contributed by atoms with E-state index in [1.54, 1.807) is 6.08 Å². The molecule has 1 heterocycles. The van der Waals surface area contributed by atoms with Crippen LogP contribution in [0.25, 0.3) is 0 Å². The first-order chi connectivity index (χ1) is 9.11. The highest BCUT2D eigenvalue weighted by molar-refractivity contribution is 9.10. The van der Waals surface area contributed by atoms with Crippen molar-refractivity contribution in [3.05, 3.63) is 41.4 Å². The third-order valence-electron chi connectivity index (χ3n) is 2.71. The highest BCUT2D eigenvalue weighted by Gasteiger charge is 2.31. The molecule has 1 aromatic rings. The second-order valence-corrected chi connectivity index (χ2v) is 5.41. The van der Waals surface area contributed by atoms with Crippen LogP contribution in [0.15, 0.2) is 51.6 Å². The van der Waals surface area contributed by atoms with Crippen molar-refractivity contribution in [2.75, 3.05) is 6.54 Å². The van der Waals surface area contributed by atoms with Gasteiger partial charge in [0.05, 0.1) is 0 Å².